The Morgan fingerprint density at radius 2 is 1.95 bits per heavy atom. The first-order valence-corrected chi connectivity index (χ1v) is 7.95. The van der Waals surface area contributed by atoms with Gasteiger partial charge in [-0.05, 0) is 24.1 Å². The van der Waals surface area contributed by atoms with Crippen molar-refractivity contribution in [3.63, 3.8) is 0 Å². The molecule has 21 heavy (non-hydrogen) atoms. The van der Waals surface area contributed by atoms with Gasteiger partial charge in [-0.25, -0.2) is 0 Å². The van der Waals surface area contributed by atoms with E-state index in [2.05, 4.69) is 19.1 Å². The monoisotopic (exact) mass is 289 g/mol. The van der Waals surface area contributed by atoms with E-state index in [1.807, 2.05) is 37.8 Å². The number of likely N-dealkylation sites (tertiary alicyclic amines) is 1. The molecule has 0 atom stereocenters. The van der Waals surface area contributed by atoms with E-state index in [9.17, 15) is 4.79 Å². The van der Waals surface area contributed by atoms with E-state index in [-0.39, 0.29) is 17.4 Å². The molecule has 0 aromatic heterocycles. The minimum absolute atomic E-state index is 0.223. The Labute approximate surface area is 128 Å². The molecule has 0 bridgehead atoms. The zero-order chi connectivity index (χ0) is 15.5. The second kappa shape index (κ2) is 6.50. The molecule has 0 aliphatic carbocycles. The van der Waals surface area contributed by atoms with Crippen LogP contribution in [-0.2, 0) is 11.2 Å². The van der Waals surface area contributed by atoms with Gasteiger partial charge < -0.3 is 9.64 Å². The Morgan fingerprint density at radius 1 is 1.29 bits per heavy atom. The summed E-state index contributed by atoms with van der Waals surface area (Å²) in [7, 11) is 0. The van der Waals surface area contributed by atoms with Crippen molar-refractivity contribution in [3.8, 4) is 5.75 Å². The van der Waals surface area contributed by atoms with E-state index in [0.717, 1.165) is 38.1 Å². The van der Waals surface area contributed by atoms with Crippen LogP contribution in [0.15, 0.2) is 24.3 Å². The van der Waals surface area contributed by atoms with Gasteiger partial charge >= 0.3 is 0 Å². The van der Waals surface area contributed by atoms with Crippen molar-refractivity contribution < 1.29 is 9.53 Å². The fraction of sp³-hybridized carbons (Fsp3) is 0.611. The molecule has 2 rings (SSSR count). The van der Waals surface area contributed by atoms with Crippen LogP contribution >= 0.6 is 0 Å². The lowest BCUT2D eigenvalue weighted by Crippen LogP contribution is -2.46. The largest absolute Gasteiger partial charge is 0.490 e. The molecule has 3 nitrogen and oxygen atoms in total. The van der Waals surface area contributed by atoms with Crippen molar-refractivity contribution >= 4 is 5.91 Å². The third-order valence-electron chi connectivity index (χ3n) is 3.98. The van der Waals surface area contributed by atoms with Crippen molar-refractivity contribution in [3.05, 3.63) is 29.8 Å². The van der Waals surface area contributed by atoms with Gasteiger partial charge in [-0.15, -0.1) is 0 Å². The van der Waals surface area contributed by atoms with Gasteiger partial charge in [0.1, 0.15) is 11.9 Å². The molecule has 0 unspecified atom stereocenters. The predicted octanol–water partition coefficient (Wildman–Crippen LogP) is 3.66. The summed E-state index contributed by atoms with van der Waals surface area (Å²) < 4.78 is 6.07. The summed E-state index contributed by atoms with van der Waals surface area (Å²) in [5.74, 6) is 1.20. The Morgan fingerprint density at radius 3 is 2.52 bits per heavy atom. The first-order valence-electron chi connectivity index (χ1n) is 7.95. The Balaban J connectivity index is 1.88. The van der Waals surface area contributed by atoms with Crippen LogP contribution in [0.2, 0.25) is 0 Å². The van der Waals surface area contributed by atoms with Gasteiger partial charge in [0.2, 0.25) is 5.91 Å². The molecule has 0 saturated carbocycles. The van der Waals surface area contributed by atoms with E-state index in [4.69, 9.17) is 4.74 Å². The average molecular weight is 289 g/mol. The van der Waals surface area contributed by atoms with Crippen molar-refractivity contribution in [1.29, 1.82) is 0 Å². The van der Waals surface area contributed by atoms with E-state index in [1.54, 1.807) is 0 Å². The highest BCUT2D eigenvalue weighted by Crippen LogP contribution is 2.24. The lowest BCUT2D eigenvalue weighted by Gasteiger charge is -2.35. The summed E-state index contributed by atoms with van der Waals surface area (Å²) in [5.41, 5.74) is 1.01. The van der Waals surface area contributed by atoms with Crippen LogP contribution in [0.1, 0.15) is 46.1 Å². The highest BCUT2D eigenvalue weighted by atomic mass is 16.5. The highest BCUT2D eigenvalue weighted by molar-refractivity contribution is 5.81. The van der Waals surface area contributed by atoms with Crippen LogP contribution in [0.25, 0.3) is 0 Å². The second-order valence-corrected chi connectivity index (χ2v) is 6.86. The molecule has 0 spiro atoms. The number of piperidine rings is 1. The van der Waals surface area contributed by atoms with Crippen LogP contribution in [0.3, 0.4) is 0 Å². The SMILES string of the molecule is CCc1cccc(OC2CCN(C(=O)C(C)(C)C)CC2)c1. The number of carbonyl (C=O) groups is 1. The molecule has 0 N–H and O–H groups in total. The van der Waals surface area contributed by atoms with Crippen LogP contribution in [0.4, 0.5) is 0 Å². The van der Waals surface area contributed by atoms with Crippen LogP contribution < -0.4 is 4.74 Å². The molecule has 1 aliphatic heterocycles. The molecule has 1 aromatic rings. The van der Waals surface area contributed by atoms with Gasteiger partial charge in [0.05, 0.1) is 0 Å². The number of hydrogen-bond acceptors (Lipinski definition) is 2. The third kappa shape index (κ3) is 4.23. The van der Waals surface area contributed by atoms with Gasteiger partial charge in [-0.3, -0.25) is 4.79 Å². The van der Waals surface area contributed by atoms with Gasteiger partial charge in [-0.2, -0.15) is 0 Å². The number of amides is 1. The quantitative estimate of drug-likeness (QED) is 0.850. The zero-order valence-corrected chi connectivity index (χ0v) is 13.7. The first-order chi connectivity index (χ1) is 9.90. The fourth-order valence-electron chi connectivity index (χ4n) is 2.68. The van der Waals surface area contributed by atoms with Crippen molar-refractivity contribution in [2.75, 3.05) is 13.1 Å². The summed E-state index contributed by atoms with van der Waals surface area (Å²) in [5, 5.41) is 0. The maximum Gasteiger partial charge on any atom is 0.227 e. The summed E-state index contributed by atoms with van der Waals surface area (Å²) in [6.07, 6.45) is 3.08. The Hall–Kier alpha value is -1.51. The summed E-state index contributed by atoms with van der Waals surface area (Å²) in [6, 6.07) is 8.31. The van der Waals surface area contributed by atoms with Gasteiger partial charge in [-0.1, -0.05) is 39.8 Å². The molecule has 1 amide bonds. The summed E-state index contributed by atoms with van der Waals surface area (Å²) in [4.78, 5) is 14.2. The Kier molecular flexibility index (Phi) is 4.92. The Bertz CT molecular complexity index is 482. The van der Waals surface area contributed by atoms with E-state index >= 15 is 0 Å². The first kappa shape index (κ1) is 15.9. The predicted molar refractivity (Wildman–Crippen MR) is 85.5 cm³/mol. The second-order valence-electron chi connectivity index (χ2n) is 6.86. The maximum absolute atomic E-state index is 12.3. The molecule has 1 fully saturated rings. The van der Waals surface area contributed by atoms with Gasteiger partial charge in [0.25, 0.3) is 0 Å². The number of nitrogens with zero attached hydrogens (tertiary/aromatic N) is 1. The van der Waals surface area contributed by atoms with Crippen molar-refractivity contribution in [2.45, 2.75) is 53.1 Å². The van der Waals surface area contributed by atoms with Gasteiger partial charge in [0.15, 0.2) is 0 Å². The standard InChI is InChI=1S/C18H27NO2/c1-5-14-7-6-8-16(13-14)21-15-9-11-19(12-10-15)17(20)18(2,3)4/h6-8,13,15H,5,9-12H2,1-4H3. The maximum atomic E-state index is 12.3. The molecule has 1 aliphatic rings. The topological polar surface area (TPSA) is 29.5 Å². The van der Waals surface area contributed by atoms with Crippen molar-refractivity contribution in [1.82, 2.24) is 4.90 Å². The van der Waals surface area contributed by atoms with E-state index in [1.165, 1.54) is 5.56 Å². The normalized spacial score (nSPS) is 16.9. The average Bonchev–Trinajstić information content (AvgIpc) is 2.46. The number of benzene rings is 1. The minimum atomic E-state index is -0.289. The van der Waals surface area contributed by atoms with Crippen LogP contribution in [0.5, 0.6) is 5.75 Å². The molecule has 3 heteroatoms. The van der Waals surface area contributed by atoms with E-state index < -0.39 is 0 Å². The molecule has 116 valence electrons. The van der Waals surface area contributed by atoms with E-state index in [0.29, 0.717) is 0 Å². The van der Waals surface area contributed by atoms with Crippen LogP contribution in [-0.4, -0.2) is 30.0 Å². The van der Waals surface area contributed by atoms with Crippen LogP contribution in [0, 0.1) is 5.41 Å². The molecule has 1 heterocycles. The molecular weight excluding hydrogens is 262 g/mol. The number of aryl methyl sites for hydroxylation is 1. The fourth-order valence-corrected chi connectivity index (χ4v) is 2.68. The molecule has 1 saturated heterocycles. The lowest BCUT2D eigenvalue weighted by molar-refractivity contribution is -0.141. The summed E-state index contributed by atoms with van der Waals surface area (Å²) in [6.45, 7) is 9.69. The molecule has 0 radical (unpaired) electrons. The zero-order valence-electron chi connectivity index (χ0n) is 13.7. The minimum Gasteiger partial charge on any atom is -0.490 e. The van der Waals surface area contributed by atoms with Gasteiger partial charge in [0, 0.05) is 31.3 Å². The number of ether oxygens (including phenoxy) is 1. The lowest BCUT2D eigenvalue weighted by atomic mass is 9.93. The smallest absolute Gasteiger partial charge is 0.227 e. The van der Waals surface area contributed by atoms with Crippen molar-refractivity contribution in [2.24, 2.45) is 5.41 Å². The number of hydrogen-bond donors (Lipinski definition) is 0. The number of carbonyl (C=O) groups excluding carboxylic acids is 1. The molecule has 1 aromatic carbocycles. The number of rotatable bonds is 3. The highest BCUT2D eigenvalue weighted by Gasteiger charge is 2.30. The third-order valence-corrected chi connectivity index (χ3v) is 3.98. The summed E-state index contributed by atoms with van der Waals surface area (Å²) >= 11 is 0. The molecular formula is C18H27NO2.